The molecule has 2 heterocycles. The maximum atomic E-state index is 7.39. The van der Waals surface area contributed by atoms with E-state index in [-0.39, 0.29) is 6.10 Å². The lowest BCUT2D eigenvalue weighted by molar-refractivity contribution is 0.0908. The Labute approximate surface area is 163 Å². The van der Waals surface area contributed by atoms with Crippen LogP contribution in [0.25, 0.3) is 10.9 Å². The van der Waals surface area contributed by atoms with Gasteiger partial charge in [-0.3, -0.25) is 0 Å². The van der Waals surface area contributed by atoms with Gasteiger partial charge in [0.2, 0.25) is 0 Å². The molecule has 0 bridgehead atoms. The summed E-state index contributed by atoms with van der Waals surface area (Å²) in [6.45, 7) is 1.14. The topological polar surface area (TPSA) is 44.6 Å². The van der Waals surface area contributed by atoms with Crippen LogP contribution in [0.15, 0.2) is 36.4 Å². The molecule has 0 radical (unpaired) electrons. The molecule has 0 spiro atoms. The third-order valence-corrected chi connectivity index (χ3v) is 5.57. The fraction of sp³-hybridized carbons (Fsp3) is 0.364. The highest BCUT2D eigenvalue weighted by Gasteiger charge is 2.24. The lowest BCUT2D eigenvalue weighted by atomic mass is 9.93. The molecule has 1 aliphatic carbocycles. The first-order valence-corrected chi connectivity index (χ1v) is 9.32. The number of fused-ring (bicyclic) bond motifs is 4. The van der Waals surface area contributed by atoms with E-state index in [9.17, 15) is 0 Å². The molecule has 0 amide bonds. The molecule has 27 heavy (non-hydrogen) atoms. The van der Waals surface area contributed by atoms with Gasteiger partial charge >= 0.3 is 0 Å². The second-order valence-corrected chi connectivity index (χ2v) is 7.18. The minimum atomic E-state index is -2.35. The molecule has 5 rings (SSSR count). The predicted molar refractivity (Wildman–Crippen MR) is 106 cm³/mol. The average molecular weight is 367 g/mol. The normalized spacial score (nSPS) is 20.5. The van der Waals surface area contributed by atoms with Crippen LogP contribution in [0.3, 0.4) is 0 Å². The zero-order valence-corrected chi connectivity index (χ0v) is 15.2. The van der Waals surface area contributed by atoms with Crippen molar-refractivity contribution < 1.29 is 18.3 Å². The van der Waals surface area contributed by atoms with Crippen molar-refractivity contribution in [3.05, 3.63) is 47.7 Å². The van der Waals surface area contributed by atoms with Crippen LogP contribution in [0.2, 0.25) is 0 Å². The van der Waals surface area contributed by atoms with Crippen LogP contribution in [0.5, 0.6) is 11.5 Å². The molecule has 1 N–H and O–H groups in total. The van der Waals surface area contributed by atoms with Crippen LogP contribution >= 0.6 is 0 Å². The zero-order valence-electron chi connectivity index (χ0n) is 18.2. The summed E-state index contributed by atoms with van der Waals surface area (Å²) < 4.78 is 41.0. The van der Waals surface area contributed by atoms with Crippen molar-refractivity contribution in [2.45, 2.75) is 25.4 Å². The molecule has 2 aromatic carbocycles. The van der Waals surface area contributed by atoms with E-state index in [1.807, 2.05) is 24.3 Å². The van der Waals surface area contributed by atoms with E-state index in [0.717, 1.165) is 46.6 Å². The number of methoxy groups -OCH3 is 1. The summed E-state index contributed by atoms with van der Waals surface area (Å²) in [4.78, 5) is 0. The molecule has 0 saturated carbocycles. The van der Waals surface area contributed by atoms with Gasteiger partial charge in [0.05, 0.1) is 15.7 Å². The van der Waals surface area contributed by atoms with Gasteiger partial charge in [-0.2, -0.15) is 0 Å². The summed E-state index contributed by atoms with van der Waals surface area (Å²) in [6.07, 6.45) is 1.88. The molecule has 1 aliphatic heterocycles. The van der Waals surface area contributed by atoms with E-state index in [1.54, 1.807) is 0 Å². The minimum Gasteiger partial charge on any atom is -0.486 e. The maximum absolute atomic E-state index is 7.39. The number of anilines is 2. The maximum Gasteiger partial charge on any atom is 0.163 e. The monoisotopic (exact) mass is 367 g/mol. The molecule has 1 unspecified atom stereocenters. The van der Waals surface area contributed by atoms with E-state index in [4.69, 9.17) is 18.3 Å². The number of nitrogens with zero attached hydrogens (tertiary/aromatic N) is 1. The third kappa shape index (κ3) is 2.82. The zero-order chi connectivity index (χ0) is 20.9. The van der Waals surface area contributed by atoms with Crippen molar-refractivity contribution in [3.63, 3.8) is 0 Å². The van der Waals surface area contributed by atoms with Gasteiger partial charge in [0.15, 0.2) is 11.5 Å². The number of nitrogens with one attached hydrogen (secondary N) is 1. The Morgan fingerprint density at radius 3 is 2.81 bits per heavy atom. The number of aryl methyl sites for hydroxylation is 1. The third-order valence-electron chi connectivity index (χ3n) is 5.57. The summed E-state index contributed by atoms with van der Waals surface area (Å²) in [6, 6.07) is 12.1. The molecule has 2 aliphatic rings. The van der Waals surface area contributed by atoms with Crippen molar-refractivity contribution in [1.29, 1.82) is 0 Å². The van der Waals surface area contributed by atoms with Gasteiger partial charge < -0.3 is 24.1 Å². The Morgan fingerprint density at radius 1 is 1.11 bits per heavy atom. The summed E-state index contributed by atoms with van der Waals surface area (Å²) in [5, 5.41) is 4.60. The second kappa shape index (κ2) is 6.50. The Balaban J connectivity index is 1.42. The Bertz CT molecular complexity index is 1110. The van der Waals surface area contributed by atoms with Crippen LogP contribution in [0, 0.1) is 0 Å². The smallest absolute Gasteiger partial charge is 0.163 e. The van der Waals surface area contributed by atoms with Gasteiger partial charge in [0.1, 0.15) is 13.2 Å². The Kier molecular flexibility index (Phi) is 3.25. The number of hydrogen-bond acceptors (Lipinski definition) is 4. The molecule has 5 nitrogen and oxygen atoms in total. The Hall–Kier alpha value is -2.66. The van der Waals surface area contributed by atoms with Gasteiger partial charge in [-0.15, -0.1) is 0 Å². The van der Waals surface area contributed by atoms with E-state index in [2.05, 4.69) is 29.1 Å². The minimum absolute atomic E-state index is 0.272. The number of hydrogen-bond donors (Lipinski definition) is 1. The first-order chi connectivity index (χ1) is 14.4. The van der Waals surface area contributed by atoms with Crippen LogP contribution < -0.4 is 14.8 Å². The highest BCUT2D eigenvalue weighted by atomic mass is 16.6. The first-order valence-electron chi connectivity index (χ1n) is 10.8. The molecule has 3 aromatic rings. The molecule has 5 heteroatoms. The molecule has 0 saturated heterocycles. The highest BCUT2D eigenvalue weighted by molar-refractivity contribution is 5.89. The summed E-state index contributed by atoms with van der Waals surface area (Å²) in [7, 11) is -0.284. The molecule has 0 fully saturated rings. The SMILES string of the molecule is [2H]C([2H])([2H])OC1CCc2c(c3ccc(Nc4ccc5c(c4)OCCO5)cc3n2C)C1. The van der Waals surface area contributed by atoms with Gasteiger partial charge in [-0.05, 0) is 42.7 Å². The molecular weight excluding hydrogens is 340 g/mol. The number of ether oxygens (including phenoxy) is 3. The summed E-state index contributed by atoms with van der Waals surface area (Å²) in [5.74, 6) is 1.52. The standard InChI is InChI=1S/C22H24N2O3/c1-24-19-7-5-16(25-2)13-18(19)17-6-3-14(11-20(17)24)23-15-4-8-21-22(12-15)27-10-9-26-21/h3-4,6,8,11-12,16,23H,5,7,9-10,13H2,1-2H3/i2D3. The van der Waals surface area contributed by atoms with Crippen LogP contribution in [0.1, 0.15) is 21.8 Å². The van der Waals surface area contributed by atoms with E-state index >= 15 is 0 Å². The summed E-state index contributed by atoms with van der Waals surface area (Å²) >= 11 is 0. The van der Waals surface area contributed by atoms with Crippen LogP contribution in [-0.4, -0.2) is 30.9 Å². The molecule has 1 aromatic heterocycles. The van der Waals surface area contributed by atoms with Crippen molar-refractivity contribution in [2.75, 3.05) is 25.6 Å². The van der Waals surface area contributed by atoms with Gasteiger partial charge in [-0.1, -0.05) is 6.07 Å². The quantitative estimate of drug-likeness (QED) is 0.754. The average Bonchev–Trinajstić information content (AvgIpc) is 2.98. The van der Waals surface area contributed by atoms with Crippen LogP contribution in [0.4, 0.5) is 11.4 Å². The lowest BCUT2D eigenvalue weighted by Gasteiger charge is -2.22. The van der Waals surface area contributed by atoms with Crippen molar-refractivity contribution in [3.8, 4) is 11.5 Å². The fourth-order valence-corrected chi connectivity index (χ4v) is 4.21. The van der Waals surface area contributed by atoms with Crippen molar-refractivity contribution in [2.24, 2.45) is 7.05 Å². The van der Waals surface area contributed by atoms with Crippen molar-refractivity contribution in [1.82, 2.24) is 4.57 Å². The van der Waals surface area contributed by atoms with E-state index in [1.165, 1.54) is 11.3 Å². The van der Waals surface area contributed by atoms with Gasteiger partial charge in [-0.25, -0.2) is 0 Å². The predicted octanol–water partition coefficient (Wildman–Crippen LogP) is 4.20. The fourth-order valence-electron chi connectivity index (χ4n) is 4.21. The Morgan fingerprint density at radius 2 is 1.93 bits per heavy atom. The largest absolute Gasteiger partial charge is 0.486 e. The van der Waals surface area contributed by atoms with Crippen molar-refractivity contribution >= 4 is 22.3 Å². The lowest BCUT2D eigenvalue weighted by Crippen LogP contribution is -2.21. The number of aromatic nitrogens is 1. The van der Waals surface area contributed by atoms with Crippen LogP contribution in [-0.2, 0) is 24.6 Å². The molecule has 140 valence electrons. The second-order valence-electron chi connectivity index (χ2n) is 7.18. The molecular formula is C22H24N2O3. The van der Waals surface area contributed by atoms with Gasteiger partial charge in [0.25, 0.3) is 0 Å². The molecule has 1 atom stereocenters. The van der Waals surface area contributed by atoms with E-state index in [0.29, 0.717) is 19.6 Å². The highest BCUT2D eigenvalue weighted by Crippen LogP contribution is 2.36. The number of rotatable bonds is 3. The summed E-state index contributed by atoms with van der Waals surface area (Å²) in [5.41, 5.74) is 5.49. The van der Waals surface area contributed by atoms with E-state index < -0.39 is 7.04 Å². The first kappa shape index (κ1) is 13.5. The van der Waals surface area contributed by atoms with Gasteiger partial charge in [0, 0.05) is 49.0 Å². The number of benzene rings is 2.